The molecule has 6 nitrogen and oxygen atoms in total. The van der Waals surface area contributed by atoms with Crippen LogP contribution in [0.15, 0.2) is 11.4 Å². The molecule has 0 atom stereocenters. The highest BCUT2D eigenvalue weighted by atomic mass is 32.1. The van der Waals surface area contributed by atoms with Crippen molar-refractivity contribution in [3.63, 3.8) is 0 Å². The summed E-state index contributed by atoms with van der Waals surface area (Å²) in [6.45, 7) is 8.66. The minimum absolute atomic E-state index is 0.156. The number of hydrogen-bond acceptors (Lipinski definition) is 6. The number of carbonyl (C=O) groups excluding carboxylic acids is 3. The molecule has 0 saturated carbocycles. The smallest absolute Gasteiger partial charge is 0.341 e. The Morgan fingerprint density at radius 1 is 1.19 bits per heavy atom. The molecule has 2 amide bonds. The third kappa shape index (κ3) is 4.39. The van der Waals surface area contributed by atoms with Crippen LogP contribution in [0.25, 0.3) is 0 Å². The molecular weight excluding hydrogens is 384 g/mol. The topological polar surface area (TPSA) is 75.7 Å². The number of nitrogens with zero attached hydrogens (tertiary/aromatic N) is 1. The lowest BCUT2D eigenvalue weighted by Gasteiger charge is -2.17. The van der Waals surface area contributed by atoms with Gasteiger partial charge in [0, 0.05) is 23.3 Å². The standard InChI is InChI=1S/C19H24N2O4S2/c1-6-13-9-12(10-26-13)16(22)20-17-14(19(24)25-5)11(4)15(27-17)18(23)21(7-2)8-3/h9-10H,6-8H2,1-5H3,(H,20,22). The number of ether oxygens (including phenoxy) is 1. The predicted molar refractivity (Wildman–Crippen MR) is 109 cm³/mol. The highest BCUT2D eigenvalue weighted by Gasteiger charge is 2.28. The van der Waals surface area contributed by atoms with Crippen LogP contribution in [0.5, 0.6) is 0 Å². The minimum Gasteiger partial charge on any atom is -0.465 e. The van der Waals surface area contributed by atoms with Crippen LogP contribution in [-0.4, -0.2) is 42.9 Å². The summed E-state index contributed by atoms with van der Waals surface area (Å²) in [5, 5.41) is 4.91. The van der Waals surface area contributed by atoms with Crippen LogP contribution in [0.1, 0.15) is 61.6 Å². The molecule has 0 radical (unpaired) electrons. The van der Waals surface area contributed by atoms with E-state index in [0.717, 1.165) is 22.6 Å². The van der Waals surface area contributed by atoms with Gasteiger partial charge in [-0.25, -0.2) is 4.79 Å². The Balaban J connectivity index is 2.42. The van der Waals surface area contributed by atoms with Crippen molar-refractivity contribution in [1.29, 1.82) is 0 Å². The number of hydrogen-bond donors (Lipinski definition) is 1. The first kappa shape index (κ1) is 21.1. The zero-order valence-electron chi connectivity index (χ0n) is 16.2. The lowest BCUT2D eigenvalue weighted by atomic mass is 10.1. The van der Waals surface area contributed by atoms with Crippen molar-refractivity contribution in [2.24, 2.45) is 0 Å². The van der Waals surface area contributed by atoms with E-state index in [1.165, 1.54) is 18.4 Å². The normalized spacial score (nSPS) is 10.6. The van der Waals surface area contributed by atoms with Crippen LogP contribution in [0.4, 0.5) is 5.00 Å². The molecule has 1 N–H and O–H groups in total. The number of anilines is 1. The Bertz CT molecular complexity index is 850. The molecule has 2 rings (SSSR count). The Morgan fingerprint density at radius 2 is 1.85 bits per heavy atom. The first-order valence-electron chi connectivity index (χ1n) is 8.77. The summed E-state index contributed by atoms with van der Waals surface area (Å²) < 4.78 is 4.87. The average molecular weight is 409 g/mol. The summed E-state index contributed by atoms with van der Waals surface area (Å²) in [6, 6.07) is 1.83. The Labute approximate surface area is 167 Å². The van der Waals surface area contributed by atoms with Crippen LogP contribution in [0, 0.1) is 6.92 Å². The number of carbonyl (C=O) groups is 3. The highest BCUT2D eigenvalue weighted by molar-refractivity contribution is 7.18. The second-order valence-electron chi connectivity index (χ2n) is 5.84. The molecule has 2 aromatic heterocycles. The van der Waals surface area contributed by atoms with E-state index in [1.54, 1.807) is 17.2 Å². The number of aryl methyl sites for hydroxylation is 1. The molecule has 0 spiro atoms. The van der Waals surface area contributed by atoms with E-state index in [0.29, 0.717) is 34.1 Å². The fourth-order valence-electron chi connectivity index (χ4n) is 2.67. The fraction of sp³-hybridized carbons (Fsp3) is 0.421. The van der Waals surface area contributed by atoms with Gasteiger partial charge < -0.3 is 15.0 Å². The van der Waals surface area contributed by atoms with E-state index in [1.807, 2.05) is 26.8 Å². The van der Waals surface area contributed by atoms with Crippen LogP contribution >= 0.6 is 22.7 Å². The van der Waals surface area contributed by atoms with E-state index in [2.05, 4.69) is 5.32 Å². The molecule has 27 heavy (non-hydrogen) atoms. The van der Waals surface area contributed by atoms with Crippen LogP contribution < -0.4 is 5.32 Å². The van der Waals surface area contributed by atoms with Gasteiger partial charge in [0.2, 0.25) is 0 Å². The van der Waals surface area contributed by atoms with Gasteiger partial charge in [0.05, 0.1) is 23.1 Å². The molecule has 2 aromatic rings. The lowest BCUT2D eigenvalue weighted by molar-refractivity contribution is 0.0601. The summed E-state index contributed by atoms with van der Waals surface area (Å²) in [5.41, 5.74) is 1.30. The van der Waals surface area contributed by atoms with Gasteiger partial charge in [0.15, 0.2) is 0 Å². The van der Waals surface area contributed by atoms with Crippen LogP contribution in [0.3, 0.4) is 0 Å². The molecule has 0 aliphatic carbocycles. The molecule has 146 valence electrons. The van der Waals surface area contributed by atoms with Crippen molar-refractivity contribution in [2.75, 3.05) is 25.5 Å². The summed E-state index contributed by atoms with van der Waals surface area (Å²) >= 11 is 2.63. The van der Waals surface area contributed by atoms with E-state index in [-0.39, 0.29) is 17.4 Å². The number of esters is 1. The lowest BCUT2D eigenvalue weighted by Crippen LogP contribution is -2.30. The summed E-state index contributed by atoms with van der Waals surface area (Å²) in [7, 11) is 1.28. The fourth-order valence-corrected chi connectivity index (χ4v) is 4.64. The third-order valence-corrected chi connectivity index (χ3v) is 6.55. The third-order valence-electron chi connectivity index (χ3n) is 4.27. The molecular formula is C19H24N2O4S2. The van der Waals surface area contributed by atoms with Gasteiger partial charge in [0.25, 0.3) is 11.8 Å². The van der Waals surface area contributed by atoms with Crippen LogP contribution in [0.2, 0.25) is 0 Å². The first-order valence-corrected chi connectivity index (χ1v) is 10.5. The van der Waals surface area contributed by atoms with Crippen molar-refractivity contribution >= 4 is 45.5 Å². The number of amides is 2. The van der Waals surface area contributed by atoms with E-state index < -0.39 is 5.97 Å². The summed E-state index contributed by atoms with van der Waals surface area (Å²) in [6.07, 6.45) is 0.853. The van der Waals surface area contributed by atoms with Gasteiger partial charge >= 0.3 is 5.97 Å². The number of nitrogens with one attached hydrogen (secondary N) is 1. The predicted octanol–water partition coefficient (Wildman–Crippen LogP) is 4.20. The first-order chi connectivity index (χ1) is 12.9. The zero-order valence-corrected chi connectivity index (χ0v) is 17.8. The Morgan fingerprint density at radius 3 is 2.37 bits per heavy atom. The zero-order chi connectivity index (χ0) is 20.1. The largest absolute Gasteiger partial charge is 0.465 e. The maximum atomic E-state index is 12.8. The van der Waals surface area contributed by atoms with E-state index >= 15 is 0 Å². The van der Waals surface area contributed by atoms with Crippen molar-refractivity contribution in [2.45, 2.75) is 34.1 Å². The van der Waals surface area contributed by atoms with Gasteiger partial charge in [-0.2, -0.15) is 0 Å². The van der Waals surface area contributed by atoms with E-state index in [9.17, 15) is 14.4 Å². The number of thiophene rings is 2. The molecule has 0 unspecified atom stereocenters. The Kier molecular flexibility index (Phi) is 7.15. The number of methoxy groups -OCH3 is 1. The summed E-state index contributed by atoms with van der Waals surface area (Å²) in [4.78, 5) is 40.9. The molecule has 2 heterocycles. The van der Waals surface area contributed by atoms with Gasteiger partial charge in [0.1, 0.15) is 5.00 Å². The molecule has 0 saturated heterocycles. The molecule has 0 bridgehead atoms. The average Bonchev–Trinajstić information content (AvgIpc) is 3.27. The van der Waals surface area contributed by atoms with Gasteiger partial charge in [-0.15, -0.1) is 22.7 Å². The quantitative estimate of drug-likeness (QED) is 0.697. The second-order valence-corrected chi connectivity index (χ2v) is 7.86. The van der Waals surface area contributed by atoms with Crippen molar-refractivity contribution < 1.29 is 19.1 Å². The maximum Gasteiger partial charge on any atom is 0.341 e. The van der Waals surface area contributed by atoms with Crippen molar-refractivity contribution in [1.82, 2.24) is 4.90 Å². The van der Waals surface area contributed by atoms with Gasteiger partial charge in [-0.05, 0) is 38.8 Å². The monoisotopic (exact) mass is 408 g/mol. The SMILES string of the molecule is CCc1cc(C(=O)Nc2sc(C(=O)N(CC)CC)c(C)c2C(=O)OC)cs1. The van der Waals surface area contributed by atoms with Gasteiger partial charge in [-0.1, -0.05) is 6.92 Å². The van der Waals surface area contributed by atoms with Crippen molar-refractivity contribution in [3.8, 4) is 0 Å². The molecule has 0 aliphatic heterocycles. The van der Waals surface area contributed by atoms with Crippen molar-refractivity contribution in [3.05, 3.63) is 37.9 Å². The highest BCUT2D eigenvalue weighted by Crippen LogP contribution is 2.35. The second kappa shape index (κ2) is 9.14. The molecule has 0 fully saturated rings. The van der Waals surface area contributed by atoms with E-state index in [4.69, 9.17) is 4.74 Å². The van der Waals surface area contributed by atoms with Gasteiger partial charge in [-0.3, -0.25) is 9.59 Å². The summed E-state index contributed by atoms with van der Waals surface area (Å²) in [5.74, 6) is -1.03. The maximum absolute atomic E-state index is 12.8. The minimum atomic E-state index is -0.572. The molecule has 0 aromatic carbocycles. The van der Waals surface area contributed by atoms with Crippen LogP contribution in [-0.2, 0) is 11.2 Å². The molecule has 8 heteroatoms. The Hall–Kier alpha value is -2.19. The molecule has 0 aliphatic rings. The number of rotatable bonds is 7.